The Balaban J connectivity index is 2.38. The van der Waals surface area contributed by atoms with E-state index in [0.29, 0.717) is 12.2 Å². The van der Waals surface area contributed by atoms with Crippen LogP contribution in [0.3, 0.4) is 0 Å². The molecule has 1 aliphatic carbocycles. The van der Waals surface area contributed by atoms with E-state index >= 15 is 0 Å². The Bertz CT molecular complexity index is 639. The maximum absolute atomic E-state index is 13.0. The molecule has 6 nitrogen and oxygen atoms in total. The normalized spacial score (nSPS) is 29.3. The molecule has 0 saturated heterocycles. The van der Waals surface area contributed by atoms with Crippen molar-refractivity contribution in [2.45, 2.75) is 60.1 Å². The maximum Gasteiger partial charge on any atom is 0.313 e. The average molecular weight is 319 g/mol. The standard InChI is InChI=1S/C17H25N3O3/c1-14(2,3)17(11-15(4,5)16(17,6)19-20-18)13(21)23-10-12-8-7-9-22-12/h7-9H,10-11H2,1-6H3. The van der Waals surface area contributed by atoms with Gasteiger partial charge in [-0.1, -0.05) is 46.7 Å². The van der Waals surface area contributed by atoms with Gasteiger partial charge in [-0.15, -0.1) is 0 Å². The van der Waals surface area contributed by atoms with Crippen molar-refractivity contribution in [1.82, 2.24) is 0 Å². The summed E-state index contributed by atoms with van der Waals surface area (Å²) in [5, 5.41) is 4.06. The fourth-order valence-corrected chi connectivity index (χ4v) is 4.02. The van der Waals surface area contributed by atoms with Crippen LogP contribution in [0, 0.1) is 16.2 Å². The molecule has 6 heteroatoms. The first kappa shape index (κ1) is 17.4. The minimum atomic E-state index is -0.873. The highest BCUT2D eigenvalue weighted by atomic mass is 16.5. The quantitative estimate of drug-likeness (QED) is 0.344. The minimum absolute atomic E-state index is 0.0798. The van der Waals surface area contributed by atoms with E-state index < -0.39 is 16.4 Å². The van der Waals surface area contributed by atoms with Gasteiger partial charge in [0.05, 0.1) is 17.2 Å². The Morgan fingerprint density at radius 2 is 2.09 bits per heavy atom. The van der Waals surface area contributed by atoms with Gasteiger partial charge < -0.3 is 9.15 Å². The van der Waals surface area contributed by atoms with Crippen LogP contribution >= 0.6 is 0 Å². The van der Waals surface area contributed by atoms with Crippen molar-refractivity contribution in [2.75, 3.05) is 0 Å². The molecule has 2 atom stereocenters. The van der Waals surface area contributed by atoms with E-state index in [0.717, 1.165) is 0 Å². The first-order valence-electron chi connectivity index (χ1n) is 7.78. The SMILES string of the molecule is CC(C)(C)C1(C(=O)OCc2ccco2)CC(C)(C)C1(C)N=[N+]=[N-]. The molecule has 0 spiro atoms. The smallest absolute Gasteiger partial charge is 0.313 e. The van der Waals surface area contributed by atoms with Crippen LogP contribution < -0.4 is 0 Å². The third-order valence-corrected chi connectivity index (χ3v) is 5.66. The summed E-state index contributed by atoms with van der Waals surface area (Å²) in [7, 11) is 0. The van der Waals surface area contributed by atoms with Crippen LogP contribution in [0.1, 0.15) is 53.7 Å². The summed E-state index contributed by atoms with van der Waals surface area (Å²) >= 11 is 0. The summed E-state index contributed by atoms with van der Waals surface area (Å²) in [4.78, 5) is 16.0. The molecule has 0 N–H and O–H groups in total. The van der Waals surface area contributed by atoms with Crippen LogP contribution in [0.25, 0.3) is 10.4 Å². The van der Waals surface area contributed by atoms with Gasteiger partial charge in [0.25, 0.3) is 0 Å². The number of carbonyl (C=O) groups excluding carboxylic acids is 1. The topological polar surface area (TPSA) is 88.2 Å². The second-order valence-corrected chi connectivity index (χ2v) is 8.13. The number of furan rings is 1. The number of rotatable bonds is 4. The largest absolute Gasteiger partial charge is 0.466 e. The fourth-order valence-electron chi connectivity index (χ4n) is 4.02. The Morgan fingerprint density at radius 1 is 1.43 bits per heavy atom. The number of nitrogens with zero attached hydrogens (tertiary/aromatic N) is 3. The van der Waals surface area contributed by atoms with Crippen LogP contribution in [-0.4, -0.2) is 11.5 Å². The van der Waals surface area contributed by atoms with Crippen molar-refractivity contribution in [2.24, 2.45) is 21.4 Å². The Morgan fingerprint density at radius 3 is 2.52 bits per heavy atom. The van der Waals surface area contributed by atoms with Crippen LogP contribution in [0.2, 0.25) is 0 Å². The van der Waals surface area contributed by atoms with Gasteiger partial charge in [0, 0.05) is 4.91 Å². The molecule has 0 radical (unpaired) electrons. The van der Waals surface area contributed by atoms with E-state index in [1.54, 1.807) is 18.4 Å². The molecule has 0 aromatic carbocycles. The van der Waals surface area contributed by atoms with Gasteiger partial charge in [-0.2, -0.15) is 0 Å². The first-order valence-corrected chi connectivity index (χ1v) is 7.78. The van der Waals surface area contributed by atoms with Crippen molar-refractivity contribution in [1.29, 1.82) is 0 Å². The Hall–Kier alpha value is -1.94. The number of esters is 1. The molecular formula is C17H25N3O3. The van der Waals surface area contributed by atoms with Crippen LogP contribution in [0.5, 0.6) is 0 Å². The second-order valence-electron chi connectivity index (χ2n) is 8.13. The summed E-state index contributed by atoms with van der Waals surface area (Å²) in [6.45, 7) is 11.9. The highest BCUT2D eigenvalue weighted by molar-refractivity contribution is 5.82. The van der Waals surface area contributed by atoms with E-state index in [9.17, 15) is 4.79 Å². The van der Waals surface area contributed by atoms with Crippen molar-refractivity contribution < 1.29 is 13.9 Å². The van der Waals surface area contributed by atoms with E-state index in [4.69, 9.17) is 14.7 Å². The monoisotopic (exact) mass is 319 g/mol. The number of hydrogen-bond donors (Lipinski definition) is 0. The molecule has 2 rings (SSSR count). The predicted octanol–water partition coefficient (Wildman–Crippen LogP) is 4.85. The van der Waals surface area contributed by atoms with Gasteiger partial charge >= 0.3 is 5.97 Å². The van der Waals surface area contributed by atoms with Gasteiger partial charge in [0.15, 0.2) is 0 Å². The summed E-state index contributed by atoms with van der Waals surface area (Å²) in [5.74, 6) is 0.252. The Kier molecular flexibility index (Phi) is 4.02. The fraction of sp³-hybridized carbons (Fsp3) is 0.706. The zero-order chi connectivity index (χ0) is 17.5. The number of hydrogen-bond acceptors (Lipinski definition) is 4. The van der Waals surface area contributed by atoms with E-state index in [1.165, 1.54) is 0 Å². The van der Waals surface area contributed by atoms with Crippen LogP contribution in [0.15, 0.2) is 27.9 Å². The molecule has 23 heavy (non-hydrogen) atoms. The maximum atomic E-state index is 13.0. The molecule has 1 aromatic heterocycles. The number of azide groups is 1. The highest BCUT2D eigenvalue weighted by Gasteiger charge is 2.75. The summed E-state index contributed by atoms with van der Waals surface area (Å²) < 4.78 is 10.8. The lowest BCUT2D eigenvalue weighted by molar-refractivity contribution is -0.217. The predicted molar refractivity (Wildman–Crippen MR) is 86.3 cm³/mol. The zero-order valence-corrected chi connectivity index (χ0v) is 14.7. The molecule has 126 valence electrons. The molecule has 2 unspecified atom stereocenters. The van der Waals surface area contributed by atoms with Crippen molar-refractivity contribution in [3.05, 3.63) is 34.6 Å². The van der Waals surface area contributed by atoms with Crippen molar-refractivity contribution in [3.8, 4) is 0 Å². The molecule has 1 aliphatic rings. The lowest BCUT2D eigenvalue weighted by Crippen LogP contribution is -2.74. The average Bonchev–Trinajstić information content (AvgIpc) is 2.94. The Labute approximate surface area is 136 Å². The molecule has 0 amide bonds. The molecule has 1 aromatic rings. The zero-order valence-electron chi connectivity index (χ0n) is 14.7. The van der Waals surface area contributed by atoms with E-state index in [2.05, 4.69) is 10.0 Å². The molecule has 0 bridgehead atoms. The molecule has 0 aliphatic heterocycles. The van der Waals surface area contributed by atoms with Crippen LogP contribution in [-0.2, 0) is 16.1 Å². The number of ether oxygens (including phenoxy) is 1. The minimum Gasteiger partial charge on any atom is -0.466 e. The van der Waals surface area contributed by atoms with Crippen molar-refractivity contribution in [3.63, 3.8) is 0 Å². The lowest BCUT2D eigenvalue weighted by atomic mass is 9.36. The second kappa shape index (κ2) is 5.31. The highest BCUT2D eigenvalue weighted by Crippen LogP contribution is 2.70. The van der Waals surface area contributed by atoms with E-state index in [1.807, 2.05) is 41.5 Å². The third kappa shape index (κ3) is 2.32. The summed E-state index contributed by atoms with van der Waals surface area (Å²) in [6, 6.07) is 3.51. The van der Waals surface area contributed by atoms with Gasteiger partial charge in [0.2, 0.25) is 0 Å². The van der Waals surface area contributed by atoms with Gasteiger partial charge in [-0.05, 0) is 34.9 Å². The number of carbonyl (C=O) groups is 1. The molecule has 1 heterocycles. The van der Waals surface area contributed by atoms with Gasteiger partial charge in [-0.25, -0.2) is 0 Å². The summed E-state index contributed by atoms with van der Waals surface area (Å²) in [5.41, 5.74) is 6.63. The van der Waals surface area contributed by atoms with Gasteiger partial charge in [0.1, 0.15) is 12.4 Å². The van der Waals surface area contributed by atoms with Crippen LogP contribution in [0.4, 0.5) is 0 Å². The first-order chi connectivity index (χ1) is 10.5. The summed E-state index contributed by atoms with van der Waals surface area (Å²) in [6.07, 6.45) is 2.15. The lowest BCUT2D eigenvalue weighted by Gasteiger charge is -2.68. The van der Waals surface area contributed by atoms with E-state index in [-0.39, 0.29) is 18.0 Å². The molecule has 1 fully saturated rings. The van der Waals surface area contributed by atoms with Gasteiger partial charge in [-0.3, -0.25) is 4.79 Å². The molecule has 1 saturated carbocycles. The third-order valence-electron chi connectivity index (χ3n) is 5.66. The molecular weight excluding hydrogens is 294 g/mol. The van der Waals surface area contributed by atoms with Crippen molar-refractivity contribution >= 4 is 5.97 Å².